The van der Waals surface area contributed by atoms with Crippen LogP contribution in [0.15, 0.2) is 0 Å². The second-order valence-corrected chi connectivity index (χ2v) is 6.87. The molecule has 1 rings (SSSR count). The summed E-state index contributed by atoms with van der Waals surface area (Å²) in [5, 5.41) is 0. The van der Waals surface area contributed by atoms with Crippen LogP contribution in [0.5, 0.6) is 0 Å². The molecule has 19 heavy (non-hydrogen) atoms. The normalized spacial score (nSPS) is 23.4. The summed E-state index contributed by atoms with van der Waals surface area (Å²) in [5.74, 6) is 0.275. The number of nitrogens with zero attached hydrogens (tertiary/aromatic N) is 1. The molecule has 0 bridgehead atoms. The largest absolute Gasteiger partial charge is 0.383 e. The van der Waals surface area contributed by atoms with Crippen LogP contribution < -0.4 is 10.5 Å². The molecule has 0 aromatic heterocycles. The van der Waals surface area contributed by atoms with Crippen LogP contribution in [0.2, 0.25) is 0 Å². The monoisotopic (exact) mass is 293 g/mol. The number of hydrogen-bond acceptors (Lipinski definition) is 4. The van der Waals surface area contributed by atoms with Gasteiger partial charge in [-0.25, -0.2) is 0 Å². The molecule has 1 aliphatic heterocycles. The topological polar surface area (TPSA) is 84.7 Å². The molecule has 0 aliphatic carbocycles. The van der Waals surface area contributed by atoms with Crippen LogP contribution >= 0.6 is 0 Å². The SMILES string of the molecule is CCCC(COC)NS(=O)(=O)N1CCCC(CN)C1. The maximum atomic E-state index is 12.3. The van der Waals surface area contributed by atoms with E-state index in [4.69, 9.17) is 10.5 Å². The predicted molar refractivity (Wildman–Crippen MR) is 76.0 cm³/mol. The fourth-order valence-electron chi connectivity index (χ4n) is 2.45. The second kappa shape index (κ2) is 8.16. The Morgan fingerprint density at radius 2 is 2.26 bits per heavy atom. The molecule has 114 valence electrons. The summed E-state index contributed by atoms with van der Waals surface area (Å²) < 4.78 is 34.0. The lowest BCUT2D eigenvalue weighted by atomic mass is 10.0. The molecule has 0 radical (unpaired) electrons. The number of methoxy groups -OCH3 is 1. The number of ether oxygens (including phenoxy) is 1. The van der Waals surface area contributed by atoms with Crippen molar-refractivity contribution in [1.82, 2.24) is 9.03 Å². The minimum Gasteiger partial charge on any atom is -0.383 e. The van der Waals surface area contributed by atoms with E-state index in [1.807, 2.05) is 6.92 Å². The fourth-order valence-corrected chi connectivity index (χ4v) is 3.98. The maximum absolute atomic E-state index is 12.3. The van der Waals surface area contributed by atoms with Crippen molar-refractivity contribution < 1.29 is 13.2 Å². The molecule has 0 saturated carbocycles. The maximum Gasteiger partial charge on any atom is 0.279 e. The van der Waals surface area contributed by atoms with Crippen molar-refractivity contribution in [3.05, 3.63) is 0 Å². The van der Waals surface area contributed by atoms with Gasteiger partial charge in [-0.1, -0.05) is 13.3 Å². The van der Waals surface area contributed by atoms with Crippen LogP contribution in [-0.2, 0) is 14.9 Å². The molecule has 0 spiro atoms. The van der Waals surface area contributed by atoms with Crippen LogP contribution in [0, 0.1) is 5.92 Å². The Morgan fingerprint density at radius 3 is 2.84 bits per heavy atom. The van der Waals surface area contributed by atoms with E-state index in [1.54, 1.807) is 7.11 Å². The Balaban J connectivity index is 2.62. The molecule has 2 unspecified atom stereocenters. The molecule has 3 N–H and O–H groups in total. The number of rotatable bonds is 8. The third-order valence-electron chi connectivity index (χ3n) is 3.48. The fraction of sp³-hybridized carbons (Fsp3) is 1.00. The van der Waals surface area contributed by atoms with Crippen LogP contribution in [0.4, 0.5) is 0 Å². The van der Waals surface area contributed by atoms with Crippen LogP contribution in [-0.4, -0.2) is 52.1 Å². The highest BCUT2D eigenvalue weighted by Crippen LogP contribution is 2.18. The molecule has 7 heteroatoms. The van der Waals surface area contributed by atoms with E-state index < -0.39 is 10.2 Å². The van der Waals surface area contributed by atoms with Crippen molar-refractivity contribution in [2.45, 2.75) is 38.6 Å². The minimum absolute atomic E-state index is 0.154. The van der Waals surface area contributed by atoms with Crippen molar-refractivity contribution in [1.29, 1.82) is 0 Å². The first-order valence-corrected chi connectivity index (χ1v) is 8.43. The summed E-state index contributed by atoms with van der Waals surface area (Å²) in [7, 11) is -1.84. The lowest BCUT2D eigenvalue weighted by molar-refractivity contribution is 0.169. The standard InChI is InChI=1S/C12H27N3O3S/c1-3-5-12(10-18-2)14-19(16,17)15-7-4-6-11(8-13)9-15/h11-12,14H,3-10,13H2,1-2H3. The van der Waals surface area contributed by atoms with E-state index in [0.29, 0.717) is 26.2 Å². The van der Waals surface area contributed by atoms with Crippen LogP contribution in [0.3, 0.4) is 0 Å². The highest BCUT2D eigenvalue weighted by atomic mass is 32.2. The van der Waals surface area contributed by atoms with Gasteiger partial charge in [-0.2, -0.15) is 17.4 Å². The van der Waals surface area contributed by atoms with Gasteiger partial charge in [0.25, 0.3) is 10.2 Å². The van der Waals surface area contributed by atoms with E-state index in [0.717, 1.165) is 25.7 Å². The lowest BCUT2D eigenvalue weighted by Gasteiger charge is -2.32. The minimum atomic E-state index is -3.42. The van der Waals surface area contributed by atoms with Gasteiger partial charge in [0.05, 0.1) is 6.61 Å². The summed E-state index contributed by atoms with van der Waals surface area (Å²) in [5.41, 5.74) is 5.64. The van der Waals surface area contributed by atoms with Crippen molar-refractivity contribution in [3.8, 4) is 0 Å². The average molecular weight is 293 g/mol. The molecule has 0 aromatic carbocycles. The summed E-state index contributed by atoms with van der Waals surface area (Å²) >= 11 is 0. The molecular formula is C12H27N3O3S. The first-order chi connectivity index (χ1) is 9.03. The van der Waals surface area contributed by atoms with E-state index in [2.05, 4.69) is 4.72 Å². The van der Waals surface area contributed by atoms with Gasteiger partial charge in [-0.05, 0) is 31.7 Å². The van der Waals surface area contributed by atoms with Gasteiger partial charge in [0.2, 0.25) is 0 Å². The summed E-state index contributed by atoms with van der Waals surface area (Å²) in [4.78, 5) is 0. The molecule has 1 fully saturated rings. The van der Waals surface area contributed by atoms with Gasteiger partial charge in [0.1, 0.15) is 0 Å². The molecule has 6 nitrogen and oxygen atoms in total. The molecule has 0 amide bonds. The Kier molecular flexibility index (Phi) is 7.23. The Morgan fingerprint density at radius 1 is 1.53 bits per heavy atom. The van der Waals surface area contributed by atoms with Crippen molar-refractivity contribution in [3.63, 3.8) is 0 Å². The molecule has 2 atom stereocenters. The van der Waals surface area contributed by atoms with Crippen molar-refractivity contribution in [2.24, 2.45) is 11.7 Å². The highest BCUT2D eigenvalue weighted by Gasteiger charge is 2.29. The third kappa shape index (κ3) is 5.35. The summed E-state index contributed by atoms with van der Waals surface area (Å²) in [6.07, 6.45) is 3.59. The zero-order chi connectivity index (χ0) is 14.3. The summed E-state index contributed by atoms with van der Waals surface area (Å²) in [6.45, 7) is 4.08. The first-order valence-electron chi connectivity index (χ1n) is 6.99. The zero-order valence-electron chi connectivity index (χ0n) is 12.0. The molecular weight excluding hydrogens is 266 g/mol. The van der Waals surface area contributed by atoms with E-state index >= 15 is 0 Å². The molecule has 0 aromatic rings. The van der Waals surface area contributed by atoms with E-state index in [1.165, 1.54) is 4.31 Å². The quantitative estimate of drug-likeness (QED) is 0.674. The smallest absolute Gasteiger partial charge is 0.279 e. The molecule has 1 heterocycles. The number of nitrogens with one attached hydrogen (secondary N) is 1. The van der Waals surface area contributed by atoms with Gasteiger partial charge in [0, 0.05) is 26.2 Å². The predicted octanol–water partition coefficient (Wildman–Crippen LogP) is 0.307. The van der Waals surface area contributed by atoms with E-state index in [-0.39, 0.29) is 12.0 Å². The number of nitrogens with two attached hydrogens (primary N) is 1. The van der Waals surface area contributed by atoms with Gasteiger partial charge in [-0.3, -0.25) is 0 Å². The Hall–Kier alpha value is -0.210. The Bertz CT molecular complexity index is 342. The average Bonchev–Trinajstić information content (AvgIpc) is 2.39. The van der Waals surface area contributed by atoms with Gasteiger partial charge in [-0.15, -0.1) is 0 Å². The second-order valence-electron chi connectivity index (χ2n) is 5.17. The number of piperidine rings is 1. The third-order valence-corrected chi connectivity index (χ3v) is 5.12. The van der Waals surface area contributed by atoms with Crippen molar-refractivity contribution in [2.75, 3.05) is 33.4 Å². The highest BCUT2D eigenvalue weighted by molar-refractivity contribution is 7.87. The number of hydrogen-bond donors (Lipinski definition) is 2. The Labute approximate surface area is 116 Å². The van der Waals surface area contributed by atoms with Crippen LogP contribution in [0.25, 0.3) is 0 Å². The van der Waals surface area contributed by atoms with Gasteiger partial charge < -0.3 is 10.5 Å². The molecule has 1 aliphatic rings. The van der Waals surface area contributed by atoms with E-state index in [9.17, 15) is 8.42 Å². The summed E-state index contributed by atoms with van der Waals surface area (Å²) in [6, 6.07) is -0.154. The van der Waals surface area contributed by atoms with Gasteiger partial charge in [0.15, 0.2) is 0 Å². The molecule has 1 saturated heterocycles. The van der Waals surface area contributed by atoms with Crippen LogP contribution in [0.1, 0.15) is 32.6 Å². The lowest BCUT2D eigenvalue weighted by Crippen LogP contribution is -2.50. The zero-order valence-corrected chi connectivity index (χ0v) is 12.8. The van der Waals surface area contributed by atoms with Gasteiger partial charge >= 0.3 is 0 Å². The first kappa shape index (κ1) is 16.8. The van der Waals surface area contributed by atoms with Crippen molar-refractivity contribution >= 4 is 10.2 Å².